The molecule has 0 bridgehead atoms. The van der Waals surface area contributed by atoms with Gasteiger partial charge in [-0.3, -0.25) is 4.79 Å². The second-order valence-electron chi connectivity index (χ2n) is 6.18. The minimum Gasteiger partial charge on any atom is -0.507 e. The molecular weight excluding hydrogens is 318 g/mol. The Morgan fingerprint density at radius 2 is 1.88 bits per heavy atom. The van der Waals surface area contributed by atoms with Gasteiger partial charge in [-0.05, 0) is 29.8 Å². The second-order valence-corrected chi connectivity index (χ2v) is 6.18. The highest BCUT2D eigenvalue weighted by atomic mass is 16.5. The van der Waals surface area contributed by atoms with Crippen LogP contribution in [-0.4, -0.2) is 18.3 Å². The Labute approximate surface area is 145 Å². The van der Waals surface area contributed by atoms with Crippen LogP contribution in [0, 0.1) is 0 Å². The first-order valence-corrected chi connectivity index (χ1v) is 8.15. The first kappa shape index (κ1) is 17.0. The molecule has 0 unspecified atom stereocenters. The number of hydrogen-bond acceptors (Lipinski definition) is 5. The number of phenols is 1. The molecule has 3 aromatic rings. The van der Waals surface area contributed by atoms with Gasteiger partial charge >= 0.3 is 0 Å². The summed E-state index contributed by atoms with van der Waals surface area (Å²) in [6.45, 7) is 4.45. The van der Waals surface area contributed by atoms with Crippen LogP contribution < -0.4 is 15.5 Å². The van der Waals surface area contributed by atoms with Crippen molar-refractivity contribution in [3.63, 3.8) is 0 Å². The highest BCUT2D eigenvalue weighted by molar-refractivity contribution is 5.85. The van der Waals surface area contributed by atoms with Crippen LogP contribution in [0.25, 0.3) is 22.1 Å². The lowest BCUT2D eigenvalue weighted by molar-refractivity contribution is 0.415. The maximum atomic E-state index is 12.9. The summed E-state index contributed by atoms with van der Waals surface area (Å²) in [6, 6.07) is 10.6. The standard InChI is InChI=1S/C20H21NO4/c1-12(2)21-10-16-18(22)9-8-15-19(23)17(11-25-20(15)16)13-4-6-14(24-3)7-5-13/h4-9,11-12,21-22H,10H2,1-3H3. The summed E-state index contributed by atoms with van der Waals surface area (Å²) in [4.78, 5) is 12.9. The number of rotatable bonds is 5. The number of nitrogens with one attached hydrogen (secondary N) is 1. The smallest absolute Gasteiger partial charge is 0.200 e. The van der Waals surface area contributed by atoms with Crippen LogP contribution in [0.15, 0.2) is 51.9 Å². The van der Waals surface area contributed by atoms with Crippen molar-refractivity contribution in [2.24, 2.45) is 0 Å². The predicted octanol–water partition coefficient (Wildman–Crippen LogP) is 3.67. The van der Waals surface area contributed by atoms with Gasteiger partial charge < -0.3 is 19.6 Å². The normalized spacial score (nSPS) is 11.2. The molecule has 3 rings (SSSR count). The fraction of sp³-hybridized carbons (Fsp3) is 0.250. The average Bonchev–Trinajstić information content (AvgIpc) is 2.61. The number of benzene rings is 2. The first-order valence-electron chi connectivity index (χ1n) is 8.15. The zero-order valence-corrected chi connectivity index (χ0v) is 14.5. The van der Waals surface area contributed by atoms with Crippen molar-refractivity contribution in [2.75, 3.05) is 7.11 Å². The van der Waals surface area contributed by atoms with Crippen molar-refractivity contribution in [1.29, 1.82) is 0 Å². The van der Waals surface area contributed by atoms with Crippen molar-refractivity contribution in [3.8, 4) is 22.6 Å². The molecule has 0 radical (unpaired) electrons. The molecule has 0 saturated carbocycles. The van der Waals surface area contributed by atoms with Gasteiger partial charge in [0.25, 0.3) is 0 Å². The maximum absolute atomic E-state index is 12.9. The van der Waals surface area contributed by atoms with E-state index < -0.39 is 0 Å². The number of phenolic OH excluding ortho intramolecular Hbond substituents is 1. The molecule has 2 N–H and O–H groups in total. The van der Waals surface area contributed by atoms with E-state index in [2.05, 4.69) is 5.32 Å². The summed E-state index contributed by atoms with van der Waals surface area (Å²) >= 11 is 0. The van der Waals surface area contributed by atoms with Gasteiger partial charge in [0.05, 0.1) is 23.6 Å². The van der Waals surface area contributed by atoms with Crippen LogP contribution in [0.1, 0.15) is 19.4 Å². The van der Waals surface area contributed by atoms with Crippen molar-refractivity contribution < 1.29 is 14.3 Å². The van der Waals surface area contributed by atoms with Crippen molar-refractivity contribution in [2.45, 2.75) is 26.4 Å². The molecule has 130 valence electrons. The summed E-state index contributed by atoms with van der Waals surface area (Å²) < 4.78 is 10.9. The molecule has 5 nitrogen and oxygen atoms in total. The van der Waals surface area contributed by atoms with Crippen LogP contribution in [0.5, 0.6) is 11.5 Å². The second kappa shape index (κ2) is 6.99. The quantitative estimate of drug-likeness (QED) is 0.742. The average molecular weight is 339 g/mol. The maximum Gasteiger partial charge on any atom is 0.200 e. The predicted molar refractivity (Wildman–Crippen MR) is 98.1 cm³/mol. The molecule has 0 spiro atoms. The van der Waals surface area contributed by atoms with E-state index >= 15 is 0 Å². The highest BCUT2D eigenvalue weighted by Crippen LogP contribution is 2.28. The van der Waals surface area contributed by atoms with Crippen LogP contribution in [-0.2, 0) is 6.54 Å². The van der Waals surface area contributed by atoms with E-state index in [9.17, 15) is 9.90 Å². The molecule has 0 saturated heterocycles. The van der Waals surface area contributed by atoms with E-state index in [0.717, 1.165) is 11.3 Å². The van der Waals surface area contributed by atoms with E-state index in [1.807, 2.05) is 26.0 Å². The van der Waals surface area contributed by atoms with Gasteiger partial charge in [-0.25, -0.2) is 0 Å². The minimum atomic E-state index is -0.128. The summed E-state index contributed by atoms with van der Waals surface area (Å²) in [5, 5.41) is 13.8. The van der Waals surface area contributed by atoms with Gasteiger partial charge in [-0.1, -0.05) is 26.0 Å². The van der Waals surface area contributed by atoms with E-state index in [-0.39, 0.29) is 17.2 Å². The summed E-state index contributed by atoms with van der Waals surface area (Å²) in [7, 11) is 1.60. The summed E-state index contributed by atoms with van der Waals surface area (Å²) in [5.74, 6) is 0.835. The Hall–Kier alpha value is -2.79. The molecule has 1 aromatic heterocycles. The Balaban J connectivity index is 2.11. The van der Waals surface area contributed by atoms with E-state index in [4.69, 9.17) is 9.15 Å². The summed E-state index contributed by atoms with van der Waals surface area (Å²) in [6.07, 6.45) is 1.45. The lowest BCUT2D eigenvalue weighted by atomic mass is 10.0. The number of aromatic hydroxyl groups is 1. The van der Waals surface area contributed by atoms with Gasteiger partial charge in [-0.15, -0.1) is 0 Å². The zero-order chi connectivity index (χ0) is 18.0. The molecule has 0 fully saturated rings. The molecule has 0 aliphatic heterocycles. The molecule has 0 atom stereocenters. The van der Waals surface area contributed by atoms with Gasteiger partial charge in [0, 0.05) is 12.6 Å². The SMILES string of the molecule is COc1ccc(-c2coc3c(CNC(C)C)c(O)ccc3c2=O)cc1. The van der Waals surface area contributed by atoms with Crippen LogP contribution in [0.2, 0.25) is 0 Å². The third-order valence-corrected chi connectivity index (χ3v) is 4.11. The molecular formula is C20H21NO4. The molecule has 0 aliphatic rings. The lowest BCUT2D eigenvalue weighted by Crippen LogP contribution is -2.22. The fourth-order valence-corrected chi connectivity index (χ4v) is 2.69. The van der Waals surface area contributed by atoms with E-state index in [1.54, 1.807) is 25.3 Å². The Morgan fingerprint density at radius 1 is 1.16 bits per heavy atom. The van der Waals surface area contributed by atoms with Gasteiger partial charge in [0.15, 0.2) is 0 Å². The van der Waals surface area contributed by atoms with E-state index in [0.29, 0.717) is 28.6 Å². The third kappa shape index (κ3) is 3.37. The van der Waals surface area contributed by atoms with Crippen LogP contribution in [0.3, 0.4) is 0 Å². The number of ether oxygens (including phenoxy) is 1. The molecule has 0 aliphatic carbocycles. The number of fused-ring (bicyclic) bond motifs is 1. The number of hydrogen-bond donors (Lipinski definition) is 2. The largest absolute Gasteiger partial charge is 0.507 e. The highest BCUT2D eigenvalue weighted by Gasteiger charge is 2.15. The topological polar surface area (TPSA) is 71.7 Å². The molecule has 5 heteroatoms. The van der Waals surface area contributed by atoms with E-state index in [1.165, 1.54) is 12.3 Å². The Morgan fingerprint density at radius 3 is 2.52 bits per heavy atom. The van der Waals surface area contributed by atoms with Gasteiger partial charge in [0.1, 0.15) is 23.3 Å². The van der Waals surface area contributed by atoms with Crippen molar-refractivity contribution in [3.05, 3.63) is 58.4 Å². The van der Waals surface area contributed by atoms with Crippen molar-refractivity contribution in [1.82, 2.24) is 5.32 Å². The minimum absolute atomic E-state index is 0.112. The lowest BCUT2D eigenvalue weighted by Gasteiger charge is -2.12. The van der Waals surface area contributed by atoms with Crippen molar-refractivity contribution >= 4 is 11.0 Å². The monoisotopic (exact) mass is 339 g/mol. The third-order valence-electron chi connectivity index (χ3n) is 4.11. The molecule has 25 heavy (non-hydrogen) atoms. The van der Waals surface area contributed by atoms with Gasteiger partial charge in [-0.2, -0.15) is 0 Å². The fourth-order valence-electron chi connectivity index (χ4n) is 2.69. The van der Waals surface area contributed by atoms with Crippen LogP contribution >= 0.6 is 0 Å². The molecule has 2 aromatic carbocycles. The Kier molecular flexibility index (Phi) is 4.76. The van der Waals surface area contributed by atoms with Gasteiger partial charge in [0.2, 0.25) is 5.43 Å². The number of methoxy groups -OCH3 is 1. The first-order chi connectivity index (χ1) is 12.0. The summed E-state index contributed by atoms with van der Waals surface area (Å²) in [5.41, 5.74) is 2.10. The zero-order valence-electron chi connectivity index (χ0n) is 14.5. The molecule has 1 heterocycles. The van der Waals surface area contributed by atoms with Crippen LogP contribution in [0.4, 0.5) is 0 Å². The molecule has 0 amide bonds. The Bertz CT molecular complexity index is 942.